The van der Waals surface area contributed by atoms with Crippen LogP contribution < -0.4 is 24.8 Å². The van der Waals surface area contributed by atoms with Crippen LogP contribution in [0.1, 0.15) is 98.8 Å². The number of fused-ring (bicyclic) bond motifs is 4. The zero-order valence-corrected chi connectivity index (χ0v) is 34.9. The van der Waals surface area contributed by atoms with E-state index in [1.165, 1.54) is 11.3 Å². The SMILES string of the molecule is CC(C)Oc1ccc2c(O[C@@H]3C[C@H]4C(=O)N[C@]5(C(=O)NS(=O)(=O)C6(C)CC6)C[C@H]5/C=C\CC[C@@H](C)C[C@@H](C)[C@H](NC(=O)O[C@@H]5C[C@@H]6C[C@@H]6C5)C(=O)N4C3)nccc2c1. The number of rotatable bonds is 9. The molecule has 0 bridgehead atoms. The Morgan fingerprint density at radius 2 is 1.78 bits per heavy atom. The monoisotopic (exact) mass is 819 g/mol. The fraction of sp³-hybridized carbons (Fsp3) is 0.651. The van der Waals surface area contributed by atoms with Crippen LogP contribution in [0.15, 0.2) is 42.6 Å². The summed E-state index contributed by atoms with van der Waals surface area (Å²) in [4.78, 5) is 62.9. The second-order valence-electron chi connectivity index (χ2n) is 18.5. The number of alkyl carbamates (subject to hydrolysis) is 1. The van der Waals surface area contributed by atoms with Crippen molar-refractivity contribution in [3.05, 3.63) is 42.6 Å². The number of pyridine rings is 1. The standard InChI is InChI=1S/C43H57N5O9S/c1-24(2)55-31-10-11-34-27(18-31)12-15-44-38(34)56-33-21-35-37(49)46-43(40(51)47-58(53,54)42(5)13-14-42)22-30(43)9-7-6-8-25(3)16-26(4)36(39(50)48(35)23-33)45-41(52)57-32-19-28-17-29(28)20-32/h7,9-12,15,18,24-26,28-30,32-33,35-36H,6,8,13-14,16-17,19-23H2,1-5H3,(H,45,52)(H,46,49)(H,47,51)/b9-7-/t25-,26-,28-,29+,30-,32+,33-,35+,36+,43-/m1/s1. The van der Waals surface area contributed by atoms with Gasteiger partial charge in [0.05, 0.1) is 17.4 Å². The van der Waals surface area contributed by atoms with Gasteiger partial charge in [0, 0.05) is 23.9 Å². The Morgan fingerprint density at radius 1 is 1.02 bits per heavy atom. The van der Waals surface area contributed by atoms with E-state index in [4.69, 9.17) is 14.2 Å². The molecule has 0 unspecified atom stereocenters. The summed E-state index contributed by atoms with van der Waals surface area (Å²) < 4.78 is 46.0. The molecular formula is C43H57N5O9S. The van der Waals surface area contributed by atoms with Crippen LogP contribution in [0.25, 0.3) is 10.8 Å². The number of nitrogens with one attached hydrogen (secondary N) is 3. The lowest BCUT2D eigenvalue weighted by molar-refractivity contribution is -0.142. The number of benzene rings is 1. The summed E-state index contributed by atoms with van der Waals surface area (Å²) in [7, 11) is -3.99. The van der Waals surface area contributed by atoms with Gasteiger partial charge in [-0.2, -0.15) is 0 Å². The topological polar surface area (TPSA) is 182 Å². The molecule has 314 valence electrons. The Balaban J connectivity index is 1.09. The van der Waals surface area contributed by atoms with Crippen molar-refractivity contribution in [1.82, 2.24) is 25.2 Å². The molecule has 14 nitrogen and oxygen atoms in total. The van der Waals surface area contributed by atoms with Gasteiger partial charge in [0.25, 0.3) is 5.91 Å². The summed E-state index contributed by atoms with van der Waals surface area (Å²) in [5.74, 6) is -0.199. The summed E-state index contributed by atoms with van der Waals surface area (Å²) >= 11 is 0. The molecule has 3 N–H and O–H groups in total. The average Bonchev–Trinajstić information content (AvgIpc) is 4.12. The highest BCUT2D eigenvalue weighted by atomic mass is 32.2. The number of aromatic nitrogens is 1. The van der Waals surface area contributed by atoms with Gasteiger partial charge in [-0.25, -0.2) is 18.2 Å². The third-order valence-electron chi connectivity index (χ3n) is 13.3. The second-order valence-corrected chi connectivity index (χ2v) is 20.7. The number of carbonyl (C=O) groups is 4. The zero-order valence-electron chi connectivity index (χ0n) is 34.1. The van der Waals surface area contributed by atoms with Crippen LogP contribution in [0.2, 0.25) is 0 Å². The lowest BCUT2D eigenvalue weighted by Gasteiger charge is -2.33. The average molecular weight is 820 g/mol. The van der Waals surface area contributed by atoms with Crippen LogP contribution in [0.5, 0.6) is 11.6 Å². The molecule has 6 aliphatic rings. The van der Waals surface area contributed by atoms with E-state index in [9.17, 15) is 27.6 Å². The molecule has 4 aliphatic carbocycles. The number of nitrogens with zero attached hydrogens (tertiary/aromatic N) is 2. The van der Waals surface area contributed by atoms with Crippen LogP contribution in [0.4, 0.5) is 4.79 Å². The molecule has 0 spiro atoms. The number of allylic oxidation sites excluding steroid dienone is 1. The summed E-state index contributed by atoms with van der Waals surface area (Å²) in [6, 6.07) is 5.34. The van der Waals surface area contributed by atoms with Crippen molar-refractivity contribution in [2.45, 2.75) is 140 Å². The highest BCUT2D eigenvalue weighted by molar-refractivity contribution is 7.91. The largest absolute Gasteiger partial charge is 0.491 e. The van der Waals surface area contributed by atoms with Crippen molar-refractivity contribution in [3.8, 4) is 11.6 Å². The summed E-state index contributed by atoms with van der Waals surface area (Å²) in [5.41, 5.74) is -1.52. The van der Waals surface area contributed by atoms with E-state index in [1.54, 1.807) is 13.1 Å². The van der Waals surface area contributed by atoms with Crippen molar-refractivity contribution in [3.63, 3.8) is 0 Å². The maximum Gasteiger partial charge on any atom is 0.408 e. The number of hydrogen-bond acceptors (Lipinski definition) is 10. The Hall–Kier alpha value is -4.40. The maximum atomic E-state index is 14.9. The van der Waals surface area contributed by atoms with Crippen molar-refractivity contribution in [2.75, 3.05) is 6.54 Å². The Bertz CT molecular complexity index is 2100. The van der Waals surface area contributed by atoms with Gasteiger partial charge >= 0.3 is 6.09 Å². The fourth-order valence-corrected chi connectivity index (χ4v) is 10.7. The van der Waals surface area contributed by atoms with E-state index in [2.05, 4.69) is 27.3 Å². The van der Waals surface area contributed by atoms with Crippen LogP contribution >= 0.6 is 0 Å². The fourth-order valence-electron chi connectivity index (χ4n) is 9.39. The first-order chi connectivity index (χ1) is 27.5. The molecule has 4 amide bonds. The Kier molecular flexibility index (Phi) is 10.7. The minimum Gasteiger partial charge on any atom is -0.491 e. The van der Waals surface area contributed by atoms with E-state index in [1.807, 2.05) is 57.2 Å². The first kappa shape index (κ1) is 40.4. The molecule has 5 fully saturated rings. The predicted molar refractivity (Wildman–Crippen MR) is 215 cm³/mol. The Morgan fingerprint density at radius 3 is 2.50 bits per heavy atom. The van der Waals surface area contributed by atoms with E-state index >= 15 is 0 Å². The highest BCUT2D eigenvalue weighted by Crippen LogP contribution is 2.52. The molecule has 4 saturated carbocycles. The lowest BCUT2D eigenvalue weighted by Crippen LogP contribution is -2.59. The van der Waals surface area contributed by atoms with Gasteiger partial charge in [0.15, 0.2) is 0 Å². The highest BCUT2D eigenvalue weighted by Gasteiger charge is 2.63. The van der Waals surface area contributed by atoms with Crippen LogP contribution in [-0.4, -0.2) is 89.3 Å². The summed E-state index contributed by atoms with van der Waals surface area (Å²) in [5, 5.41) is 7.41. The minimum absolute atomic E-state index is 0.000277. The quantitative estimate of drug-likeness (QED) is 0.286. The normalized spacial score (nSPS) is 34.7. The van der Waals surface area contributed by atoms with Gasteiger partial charge in [0.2, 0.25) is 27.7 Å². The van der Waals surface area contributed by atoms with Gasteiger partial charge in [-0.15, -0.1) is 0 Å². The van der Waals surface area contributed by atoms with Gasteiger partial charge in [-0.1, -0.05) is 26.0 Å². The zero-order chi connectivity index (χ0) is 41.1. The maximum absolute atomic E-state index is 14.9. The van der Waals surface area contributed by atoms with E-state index in [0.29, 0.717) is 49.1 Å². The molecule has 58 heavy (non-hydrogen) atoms. The van der Waals surface area contributed by atoms with Crippen LogP contribution in [-0.2, 0) is 29.1 Å². The van der Waals surface area contributed by atoms with Gasteiger partial charge in [0.1, 0.15) is 35.6 Å². The molecule has 15 heteroatoms. The lowest BCUT2D eigenvalue weighted by atomic mass is 9.88. The van der Waals surface area contributed by atoms with E-state index in [-0.39, 0.29) is 43.4 Å². The molecular weight excluding hydrogens is 763 g/mol. The molecule has 1 saturated heterocycles. The summed E-state index contributed by atoms with van der Waals surface area (Å²) in [6.07, 6.45) is 10.0. The van der Waals surface area contributed by atoms with Crippen LogP contribution in [0.3, 0.4) is 0 Å². The minimum atomic E-state index is -3.99. The van der Waals surface area contributed by atoms with Crippen molar-refractivity contribution in [1.29, 1.82) is 0 Å². The van der Waals surface area contributed by atoms with Crippen molar-refractivity contribution in [2.24, 2.45) is 29.6 Å². The van der Waals surface area contributed by atoms with Crippen molar-refractivity contribution < 1.29 is 41.8 Å². The summed E-state index contributed by atoms with van der Waals surface area (Å²) in [6.45, 7) is 9.54. The first-order valence-electron chi connectivity index (χ1n) is 21.1. The van der Waals surface area contributed by atoms with Gasteiger partial charge in [-0.3, -0.25) is 19.1 Å². The number of carbonyl (C=O) groups excluding carboxylic acids is 4. The third kappa shape index (κ3) is 8.24. The molecule has 1 aromatic carbocycles. The van der Waals surface area contributed by atoms with Crippen molar-refractivity contribution >= 4 is 44.6 Å². The number of amides is 4. The van der Waals surface area contributed by atoms with Gasteiger partial charge < -0.3 is 29.7 Å². The molecule has 1 aromatic heterocycles. The molecule has 3 heterocycles. The van der Waals surface area contributed by atoms with Gasteiger partial charge in [-0.05, 0) is 132 Å². The third-order valence-corrected chi connectivity index (χ3v) is 15.5. The molecule has 2 aliphatic heterocycles. The number of ether oxygens (including phenoxy) is 3. The first-order valence-corrected chi connectivity index (χ1v) is 22.6. The number of sulfonamides is 1. The van der Waals surface area contributed by atoms with E-state index in [0.717, 1.165) is 30.0 Å². The van der Waals surface area contributed by atoms with Crippen LogP contribution in [0, 0.1) is 29.6 Å². The number of hydrogen-bond donors (Lipinski definition) is 3. The second kappa shape index (κ2) is 15.3. The smallest absolute Gasteiger partial charge is 0.408 e. The Labute approximate surface area is 340 Å². The predicted octanol–water partition coefficient (Wildman–Crippen LogP) is 5.15. The molecule has 0 radical (unpaired) electrons. The molecule has 8 rings (SSSR count). The molecule has 10 atom stereocenters. The van der Waals surface area contributed by atoms with E-state index < -0.39 is 68.2 Å². The molecule has 2 aromatic rings.